The Bertz CT molecular complexity index is 323. The number of ether oxygens (including phenoxy) is 2. The topological polar surface area (TPSA) is 38.7 Å². The molecule has 1 atom stereocenters. The molecule has 1 N–H and O–H groups in total. The van der Waals surface area contributed by atoms with Gasteiger partial charge in [0.05, 0.1) is 19.3 Å². The highest BCUT2D eigenvalue weighted by atomic mass is 16.5. The highest BCUT2D eigenvalue weighted by Gasteiger charge is 2.01. The summed E-state index contributed by atoms with van der Waals surface area (Å²) in [5.41, 5.74) is 2.37. The van der Waals surface area contributed by atoms with E-state index in [1.165, 1.54) is 5.56 Å². The van der Waals surface area contributed by atoms with E-state index in [4.69, 9.17) is 14.6 Å². The van der Waals surface area contributed by atoms with Crippen molar-refractivity contribution in [2.24, 2.45) is 0 Å². The summed E-state index contributed by atoms with van der Waals surface area (Å²) in [7, 11) is 0. The number of aryl methyl sites for hydroxylation is 2. The molecule has 1 aromatic carbocycles. The lowest BCUT2D eigenvalue weighted by Crippen LogP contribution is -2.17. The van der Waals surface area contributed by atoms with Gasteiger partial charge in [-0.05, 0) is 32.4 Å². The minimum atomic E-state index is -0.122. The van der Waals surface area contributed by atoms with E-state index < -0.39 is 0 Å². The molecule has 3 heteroatoms. The van der Waals surface area contributed by atoms with Gasteiger partial charge in [-0.3, -0.25) is 0 Å². The zero-order chi connectivity index (χ0) is 12.0. The average molecular weight is 224 g/mol. The van der Waals surface area contributed by atoms with Gasteiger partial charge in [0.1, 0.15) is 12.4 Å². The van der Waals surface area contributed by atoms with Crippen LogP contribution >= 0.6 is 0 Å². The normalized spacial score (nSPS) is 12.5. The third-order valence-corrected chi connectivity index (χ3v) is 2.33. The van der Waals surface area contributed by atoms with Crippen LogP contribution in [0.1, 0.15) is 18.1 Å². The fraction of sp³-hybridized carbons (Fsp3) is 0.538. The first-order valence-electron chi connectivity index (χ1n) is 5.56. The van der Waals surface area contributed by atoms with E-state index in [1.54, 1.807) is 0 Å². The second-order valence-electron chi connectivity index (χ2n) is 3.98. The van der Waals surface area contributed by atoms with Crippen molar-refractivity contribution in [3.8, 4) is 5.75 Å². The SMILES string of the molecule is Cc1ccc(OCCOC(C)CO)c(C)c1. The van der Waals surface area contributed by atoms with Gasteiger partial charge >= 0.3 is 0 Å². The van der Waals surface area contributed by atoms with Crippen LogP contribution in [0.2, 0.25) is 0 Å². The molecule has 1 aromatic rings. The van der Waals surface area contributed by atoms with Gasteiger partial charge in [-0.15, -0.1) is 0 Å². The van der Waals surface area contributed by atoms with Crippen molar-refractivity contribution in [2.75, 3.05) is 19.8 Å². The number of benzene rings is 1. The van der Waals surface area contributed by atoms with Gasteiger partial charge in [0.25, 0.3) is 0 Å². The molecule has 0 bridgehead atoms. The number of hydrogen-bond donors (Lipinski definition) is 1. The van der Waals surface area contributed by atoms with Gasteiger partial charge in [0.15, 0.2) is 0 Å². The molecule has 0 amide bonds. The van der Waals surface area contributed by atoms with Crippen LogP contribution in [-0.2, 0) is 4.74 Å². The summed E-state index contributed by atoms with van der Waals surface area (Å²) in [5.74, 6) is 0.894. The first kappa shape index (κ1) is 13.0. The molecule has 0 saturated heterocycles. The Labute approximate surface area is 97.0 Å². The maximum absolute atomic E-state index is 8.76. The van der Waals surface area contributed by atoms with Crippen molar-refractivity contribution in [3.05, 3.63) is 29.3 Å². The van der Waals surface area contributed by atoms with Gasteiger partial charge in [0.2, 0.25) is 0 Å². The number of hydrogen-bond acceptors (Lipinski definition) is 3. The second kappa shape index (κ2) is 6.51. The number of rotatable bonds is 6. The van der Waals surface area contributed by atoms with E-state index in [0.717, 1.165) is 11.3 Å². The van der Waals surface area contributed by atoms with Crippen LogP contribution in [0.4, 0.5) is 0 Å². The Morgan fingerprint density at radius 2 is 2.00 bits per heavy atom. The lowest BCUT2D eigenvalue weighted by Gasteiger charge is -2.12. The molecule has 0 spiro atoms. The van der Waals surface area contributed by atoms with Crippen molar-refractivity contribution < 1.29 is 14.6 Å². The average Bonchev–Trinajstić information content (AvgIpc) is 2.26. The summed E-state index contributed by atoms with van der Waals surface area (Å²) in [5, 5.41) is 8.76. The van der Waals surface area contributed by atoms with Crippen molar-refractivity contribution in [1.29, 1.82) is 0 Å². The molecule has 1 rings (SSSR count). The standard InChI is InChI=1S/C13H20O3/c1-10-4-5-13(11(2)8-10)16-7-6-15-12(3)9-14/h4-5,8,12,14H,6-7,9H2,1-3H3. The Morgan fingerprint density at radius 1 is 1.25 bits per heavy atom. The zero-order valence-electron chi connectivity index (χ0n) is 10.2. The van der Waals surface area contributed by atoms with Crippen LogP contribution in [0.5, 0.6) is 5.75 Å². The van der Waals surface area contributed by atoms with Crippen LogP contribution < -0.4 is 4.74 Å². The number of aliphatic hydroxyl groups is 1. The number of aliphatic hydroxyl groups excluding tert-OH is 1. The molecule has 0 aliphatic heterocycles. The maximum atomic E-state index is 8.76. The summed E-state index contributed by atoms with van der Waals surface area (Å²) in [6, 6.07) is 6.09. The molecule has 0 aliphatic carbocycles. The molecule has 0 aliphatic rings. The molecule has 3 nitrogen and oxygen atoms in total. The smallest absolute Gasteiger partial charge is 0.122 e. The summed E-state index contributed by atoms with van der Waals surface area (Å²) in [6.07, 6.45) is -0.122. The Morgan fingerprint density at radius 3 is 2.62 bits per heavy atom. The summed E-state index contributed by atoms with van der Waals surface area (Å²) in [4.78, 5) is 0. The highest BCUT2D eigenvalue weighted by Crippen LogP contribution is 2.18. The predicted octanol–water partition coefficient (Wildman–Crippen LogP) is 2.08. The van der Waals surface area contributed by atoms with Gasteiger partial charge in [-0.25, -0.2) is 0 Å². The molecule has 0 saturated carbocycles. The molecule has 0 heterocycles. The largest absolute Gasteiger partial charge is 0.491 e. The highest BCUT2D eigenvalue weighted by molar-refractivity contribution is 5.35. The van der Waals surface area contributed by atoms with Gasteiger partial charge in [-0.2, -0.15) is 0 Å². The van der Waals surface area contributed by atoms with E-state index in [-0.39, 0.29) is 12.7 Å². The quantitative estimate of drug-likeness (QED) is 0.752. The van der Waals surface area contributed by atoms with E-state index in [9.17, 15) is 0 Å². The fourth-order valence-corrected chi connectivity index (χ4v) is 1.41. The molecule has 0 aromatic heterocycles. The Hall–Kier alpha value is -1.06. The van der Waals surface area contributed by atoms with Gasteiger partial charge in [-0.1, -0.05) is 17.7 Å². The first-order chi connectivity index (χ1) is 7.63. The zero-order valence-corrected chi connectivity index (χ0v) is 10.2. The minimum absolute atomic E-state index is 0.0452. The monoisotopic (exact) mass is 224 g/mol. The molecule has 0 fully saturated rings. The van der Waals surface area contributed by atoms with Crippen LogP contribution in [-0.4, -0.2) is 31.0 Å². The molecular weight excluding hydrogens is 204 g/mol. The predicted molar refractivity (Wildman–Crippen MR) is 63.9 cm³/mol. The summed E-state index contributed by atoms with van der Waals surface area (Å²) >= 11 is 0. The molecular formula is C13H20O3. The molecule has 90 valence electrons. The van der Waals surface area contributed by atoms with E-state index in [0.29, 0.717) is 13.2 Å². The van der Waals surface area contributed by atoms with Crippen LogP contribution in [0.3, 0.4) is 0 Å². The van der Waals surface area contributed by atoms with E-state index >= 15 is 0 Å². The molecule has 0 radical (unpaired) electrons. The molecule has 1 unspecified atom stereocenters. The van der Waals surface area contributed by atoms with Gasteiger partial charge < -0.3 is 14.6 Å². The third-order valence-electron chi connectivity index (χ3n) is 2.33. The Kier molecular flexibility index (Phi) is 5.29. The maximum Gasteiger partial charge on any atom is 0.122 e. The van der Waals surface area contributed by atoms with E-state index in [2.05, 4.69) is 13.0 Å². The van der Waals surface area contributed by atoms with E-state index in [1.807, 2.05) is 26.0 Å². The van der Waals surface area contributed by atoms with Crippen LogP contribution in [0, 0.1) is 13.8 Å². The lowest BCUT2D eigenvalue weighted by atomic mass is 10.1. The van der Waals surface area contributed by atoms with Gasteiger partial charge in [0, 0.05) is 0 Å². The van der Waals surface area contributed by atoms with Crippen LogP contribution in [0.25, 0.3) is 0 Å². The van der Waals surface area contributed by atoms with Crippen molar-refractivity contribution in [2.45, 2.75) is 26.9 Å². The first-order valence-corrected chi connectivity index (χ1v) is 5.56. The molecule has 16 heavy (non-hydrogen) atoms. The van der Waals surface area contributed by atoms with Crippen LogP contribution in [0.15, 0.2) is 18.2 Å². The summed E-state index contributed by atoms with van der Waals surface area (Å²) < 4.78 is 10.9. The minimum Gasteiger partial charge on any atom is -0.491 e. The lowest BCUT2D eigenvalue weighted by molar-refractivity contribution is 0.0110. The Balaban J connectivity index is 2.32. The van der Waals surface area contributed by atoms with Crippen molar-refractivity contribution >= 4 is 0 Å². The van der Waals surface area contributed by atoms with Crippen molar-refractivity contribution in [1.82, 2.24) is 0 Å². The van der Waals surface area contributed by atoms with Crippen molar-refractivity contribution in [3.63, 3.8) is 0 Å². The third kappa shape index (κ3) is 4.21. The second-order valence-corrected chi connectivity index (χ2v) is 3.98. The fourth-order valence-electron chi connectivity index (χ4n) is 1.41. The summed E-state index contributed by atoms with van der Waals surface area (Å²) in [6.45, 7) is 6.96.